The predicted molar refractivity (Wildman–Crippen MR) is 65.9 cm³/mol. The van der Waals surface area contributed by atoms with E-state index in [4.69, 9.17) is 16.3 Å². The van der Waals surface area contributed by atoms with Gasteiger partial charge >= 0.3 is 0 Å². The van der Waals surface area contributed by atoms with Gasteiger partial charge in [-0.2, -0.15) is 0 Å². The highest BCUT2D eigenvalue weighted by molar-refractivity contribution is 6.30. The second kappa shape index (κ2) is 4.99. The van der Waals surface area contributed by atoms with Crippen LogP contribution in [0.4, 0.5) is 0 Å². The molecule has 0 N–H and O–H groups in total. The Balaban J connectivity index is 2.46. The maximum absolute atomic E-state index is 5.94. The molecule has 16 heavy (non-hydrogen) atoms. The SMILES string of the molecule is CCOc1ccccc1-c1cc(Cl)ccn1. The van der Waals surface area contributed by atoms with Crippen molar-refractivity contribution >= 4 is 11.6 Å². The lowest BCUT2D eigenvalue weighted by Gasteiger charge is -2.09. The maximum Gasteiger partial charge on any atom is 0.128 e. The van der Waals surface area contributed by atoms with Crippen LogP contribution in [0.2, 0.25) is 5.02 Å². The fourth-order valence-corrected chi connectivity index (χ4v) is 1.67. The standard InChI is InChI=1S/C13H12ClNO/c1-2-16-13-6-4-3-5-11(13)12-9-10(14)7-8-15-12/h3-9H,2H2,1H3. The average molecular weight is 234 g/mol. The topological polar surface area (TPSA) is 22.1 Å². The normalized spacial score (nSPS) is 10.1. The summed E-state index contributed by atoms with van der Waals surface area (Å²) in [5.41, 5.74) is 1.79. The molecule has 3 heteroatoms. The molecule has 0 atom stereocenters. The molecule has 2 aromatic rings. The number of hydrogen-bond donors (Lipinski definition) is 0. The Morgan fingerprint density at radius 2 is 2.06 bits per heavy atom. The van der Waals surface area contributed by atoms with Gasteiger partial charge in [0.15, 0.2) is 0 Å². The lowest BCUT2D eigenvalue weighted by atomic mass is 10.1. The van der Waals surface area contributed by atoms with Crippen LogP contribution in [0.5, 0.6) is 5.75 Å². The van der Waals surface area contributed by atoms with E-state index in [9.17, 15) is 0 Å². The summed E-state index contributed by atoms with van der Waals surface area (Å²) >= 11 is 5.94. The van der Waals surface area contributed by atoms with Crippen LogP contribution in [0.1, 0.15) is 6.92 Å². The molecular weight excluding hydrogens is 222 g/mol. The summed E-state index contributed by atoms with van der Waals surface area (Å²) in [5, 5.41) is 0.677. The average Bonchev–Trinajstić information content (AvgIpc) is 2.30. The highest BCUT2D eigenvalue weighted by atomic mass is 35.5. The second-order valence-electron chi connectivity index (χ2n) is 3.29. The second-order valence-corrected chi connectivity index (χ2v) is 3.72. The largest absolute Gasteiger partial charge is 0.493 e. The minimum atomic E-state index is 0.636. The molecule has 82 valence electrons. The monoisotopic (exact) mass is 233 g/mol. The van der Waals surface area contributed by atoms with Crippen molar-refractivity contribution in [2.75, 3.05) is 6.61 Å². The van der Waals surface area contributed by atoms with Crippen LogP contribution in [-0.2, 0) is 0 Å². The summed E-state index contributed by atoms with van der Waals surface area (Å²) in [4.78, 5) is 4.29. The van der Waals surface area contributed by atoms with Crippen molar-refractivity contribution in [2.45, 2.75) is 6.92 Å². The fourth-order valence-electron chi connectivity index (χ4n) is 1.51. The van der Waals surface area contributed by atoms with Gasteiger partial charge in [0.05, 0.1) is 12.3 Å². The molecule has 0 saturated carbocycles. The van der Waals surface area contributed by atoms with Gasteiger partial charge in [-0.3, -0.25) is 4.98 Å². The molecule has 1 aromatic carbocycles. The summed E-state index contributed by atoms with van der Waals surface area (Å²) in [5.74, 6) is 0.833. The Hall–Kier alpha value is -1.54. The van der Waals surface area contributed by atoms with Gasteiger partial charge in [-0.1, -0.05) is 23.7 Å². The van der Waals surface area contributed by atoms with Crippen molar-refractivity contribution in [1.29, 1.82) is 0 Å². The van der Waals surface area contributed by atoms with Crippen molar-refractivity contribution < 1.29 is 4.74 Å². The van der Waals surface area contributed by atoms with Crippen LogP contribution in [0.3, 0.4) is 0 Å². The number of benzene rings is 1. The van der Waals surface area contributed by atoms with E-state index in [1.54, 1.807) is 12.3 Å². The lowest BCUT2D eigenvalue weighted by molar-refractivity contribution is 0.341. The third kappa shape index (κ3) is 2.34. The Kier molecular flexibility index (Phi) is 3.42. The number of para-hydroxylation sites is 1. The number of ether oxygens (including phenoxy) is 1. The molecule has 0 bridgehead atoms. The van der Waals surface area contributed by atoms with Crippen molar-refractivity contribution in [3.05, 3.63) is 47.6 Å². The Bertz CT molecular complexity index is 485. The Morgan fingerprint density at radius 3 is 2.81 bits per heavy atom. The highest BCUT2D eigenvalue weighted by Gasteiger charge is 2.06. The number of halogens is 1. The molecule has 0 saturated heterocycles. The van der Waals surface area contributed by atoms with Crippen molar-refractivity contribution in [2.24, 2.45) is 0 Å². The fraction of sp³-hybridized carbons (Fsp3) is 0.154. The molecule has 0 aliphatic heterocycles. The van der Waals surface area contributed by atoms with Crippen LogP contribution < -0.4 is 4.74 Å². The minimum Gasteiger partial charge on any atom is -0.493 e. The van der Waals surface area contributed by atoms with E-state index in [0.29, 0.717) is 11.6 Å². The van der Waals surface area contributed by atoms with E-state index in [0.717, 1.165) is 17.0 Å². The molecular formula is C13H12ClNO. The number of hydrogen-bond acceptors (Lipinski definition) is 2. The summed E-state index contributed by atoms with van der Waals surface area (Å²) in [6.07, 6.45) is 1.69. The van der Waals surface area contributed by atoms with E-state index in [2.05, 4.69) is 4.98 Å². The summed E-state index contributed by atoms with van der Waals surface area (Å²) in [7, 11) is 0. The molecule has 2 rings (SSSR count). The molecule has 0 aliphatic carbocycles. The van der Waals surface area contributed by atoms with Gasteiger partial charge in [-0.15, -0.1) is 0 Å². The number of rotatable bonds is 3. The molecule has 1 heterocycles. The zero-order valence-corrected chi connectivity index (χ0v) is 9.74. The first-order valence-electron chi connectivity index (χ1n) is 5.15. The van der Waals surface area contributed by atoms with E-state index in [1.807, 2.05) is 37.3 Å². The van der Waals surface area contributed by atoms with Gasteiger partial charge in [-0.25, -0.2) is 0 Å². The third-order valence-corrected chi connectivity index (χ3v) is 2.42. The van der Waals surface area contributed by atoms with Crippen molar-refractivity contribution in [3.63, 3.8) is 0 Å². The molecule has 2 nitrogen and oxygen atoms in total. The highest BCUT2D eigenvalue weighted by Crippen LogP contribution is 2.29. The van der Waals surface area contributed by atoms with Crippen LogP contribution >= 0.6 is 11.6 Å². The van der Waals surface area contributed by atoms with Gasteiger partial charge in [0.25, 0.3) is 0 Å². The van der Waals surface area contributed by atoms with Crippen LogP contribution in [-0.4, -0.2) is 11.6 Å². The van der Waals surface area contributed by atoms with Gasteiger partial charge in [-0.05, 0) is 31.2 Å². The molecule has 0 spiro atoms. The van der Waals surface area contributed by atoms with Gasteiger partial charge < -0.3 is 4.74 Å². The van der Waals surface area contributed by atoms with Gasteiger partial charge in [0.1, 0.15) is 5.75 Å². The molecule has 0 radical (unpaired) electrons. The number of aromatic nitrogens is 1. The summed E-state index contributed by atoms with van der Waals surface area (Å²) in [6.45, 7) is 2.60. The van der Waals surface area contributed by atoms with E-state index in [1.165, 1.54) is 0 Å². The van der Waals surface area contributed by atoms with Gasteiger partial charge in [0.2, 0.25) is 0 Å². The zero-order valence-electron chi connectivity index (χ0n) is 8.98. The van der Waals surface area contributed by atoms with Crippen LogP contribution in [0, 0.1) is 0 Å². The molecule has 0 amide bonds. The molecule has 0 unspecified atom stereocenters. The van der Waals surface area contributed by atoms with Gasteiger partial charge in [0, 0.05) is 16.8 Å². The molecule has 0 aliphatic rings. The van der Waals surface area contributed by atoms with Crippen LogP contribution in [0.15, 0.2) is 42.6 Å². The smallest absolute Gasteiger partial charge is 0.128 e. The minimum absolute atomic E-state index is 0.636. The molecule has 1 aromatic heterocycles. The Labute approximate surface area is 99.9 Å². The first kappa shape index (κ1) is 11.0. The van der Waals surface area contributed by atoms with E-state index >= 15 is 0 Å². The quantitative estimate of drug-likeness (QED) is 0.805. The van der Waals surface area contributed by atoms with Crippen molar-refractivity contribution in [3.8, 4) is 17.0 Å². The first-order chi connectivity index (χ1) is 7.81. The van der Waals surface area contributed by atoms with E-state index < -0.39 is 0 Å². The number of pyridine rings is 1. The zero-order chi connectivity index (χ0) is 11.4. The molecule has 0 fully saturated rings. The lowest BCUT2D eigenvalue weighted by Crippen LogP contribution is -1.94. The Morgan fingerprint density at radius 1 is 1.25 bits per heavy atom. The van der Waals surface area contributed by atoms with Crippen LogP contribution in [0.25, 0.3) is 11.3 Å². The number of nitrogens with zero attached hydrogens (tertiary/aromatic N) is 1. The maximum atomic E-state index is 5.94. The summed E-state index contributed by atoms with van der Waals surface area (Å²) < 4.78 is 5.55. The summed E-state index contributed by atoms with van der Waals surface area (Å²) in [6, 6.07) is 11.4. The van der Waals surface area contributed by atoms with Crippen molar-refractivity contribution in [1.82, 2.24) is 4.98 Å². The third-order valence-electron chi connectivity index (χ3n) is 2.18. The predicted octanol–water partition coefficient (Wildman–Crippen LogP) is 3.80. The van der Waals surface area contributed by atoms with E-state index in [-0.39, 0.29) is 0 Å². The first-order valence-corrected chi connectivity index (χ1v) is 5.53.